The summed E-state index contributed by atoms with van der Waals surface area (Å²) in [5, 5.41) is 37.0. The number of aromatic nitrogens is 1. The molecule has 2 N–H and O–H groups in total. The highest BCUT2D eigenvalue weighted by atomic mass is 16.6. The highest BCUT2D eigenvalue weighted by Crippen LogP contribution is 2.26. The fraction of sp³-hybridized carbons (Fsp3) is 0.200. The molecule has 0 radical (unpaired) electrons. The van der Waals surface area contributed by atoms with Crippen molar-refractivity contribution in [1.29, 1.82) is 5.26 Å². The summed E-state index contributed by atoms with van der Waals surface area (Å²) in [4.78, 5) is 35.7. The van der Waals surface area contributed by atoms with E-state index in [4.69, 9.17) is 15.5 Å². The largest absolute Gasteiger partial charge is 0.480 e. The smallest absolute Gasteiger partial charge is 0.323 e. The number of anilines is 1. The Labute approximate surface area is 111 Å². The van der Waals surface area contributed by atoms with Gasteiger partial charge >= 0.3 is 17.6 Å². The van der Waals surface area contributed by atoms with Crippen LogP contribution >= 0.6 is 0 Å². The fourth-order valence-electron chi connectivity index (χ4n) is 1.42. The number of rotatable bonds is 6. The van der Waals surface area contributed by atoms with Crippen LogP contribution in [0.5, 0.6) is 0 Å². The molecule has 20 heavy (non-hydrogen) atoms. The Balaban J connectivity index is 3.31. The van der Waals surface area contributed by atoms with Crippen LogP contribution in [0.3, 0.4) is 0 Å². The van der Waals surface area contributed by atoms with E-state index in [1.165, 1.54) is 0 Å². The van der Waals surface area contributed by atoms with Crippen LogP contribution in [0, 0.1) is 21.4 Å². The molecular weight excluding hydrogens is 272 g/mol. The Morgan fingerprint density at radius 1 is 1.40 bits per heavy atom. The van der Waals surface area contributed by atoms with Crippen molar-refractivity contribution in [2.75, 3.05) is 18.0 Å². The van der Waals surface area contributed by atoms with Crippen LogP contribution in [0.15, 0.2) is 12.3 Å². The van der Waals surface area contributed by atoms with E-state index in [-0.39, 0.29) is 5.56 Å². The third-order valence-corrected chi connectivity index (χ3v) is 2.12. The lowest BCUT2D eigenvalue weighted by atomic mass is 10.2. The molecule has 0 aliphatic carbocycles. The summed E-state index contributed by atoms with van der Waals surface area (Å²) in [6.45, 7) is -1.54. The average molecular weight is 280 g/mol. The molecule has 0 saturated heterocycles. The molecule has 0 atom stereocenters. The van der Waals surface area contributed by atoms with E-state index >= 15 is 0 Å². The lowest BCUT2D eigenvalue weighted by Gasteiger charge is -2.18. The third-order valence-electron chi connectivity index (χ3n) is 2.12. The minimum atomic E-state index is -1.37. The number of aliphatic carboxylic acids is 2. The van der Waals surface area contributed by atoms with Gasteiger partial charge in [-0.2, -0.15) is 5.26 Å². The highest BCUT2D eigenvalue weighted by molar-refractivity contribution is 5.80. The van der Waals surface area contributed by atoms with E-state index < -0.39 is 41.5 Å². The van der Waals surface area contributed by atoms with Crippen molar-refractivity contribution in [3.05, 3.63) is 27.9 Å². The van der Waals surface area contributed by atoms with E-state index in [2.05, 4.69) is 4.98 Å². The van der Waals surface area contributed by atoms with E-state index in [1.54, 1.807) is 6.07 Å². The van der Waals surface area contributed by atoms with Gasteiger partial charge in [0.1, 0.15) is 19.2 Å². The van der Waals surface area contributed by atoms with Crippen LogP contribution < -0.4 is 4.90 Å². The van der Waals surface area contributed by atoms with Crippen molar-refractivity contribution in [3.63, 3.8) is 0 Å². The van der Waals surface area contributed by atoms with Crippen molar-refractivity contribution >= 4 is 23.4 Å². The van der Waals surface area contributed by atoms with Gasteiger partial charge in [-0.15, -0.1) is 0 Å². The number of carboxylic acids is 2. The first-order valence-electron chi connectivity index (χ1n) is 5.08. The molecule has 0 saturated carbocycles. The molecule has 10 heteroatoms. The molecule has 0 aromatic carbocycles. The van der Waals surface area contributed by atoms with Crippen LogP contribution in [0.1, 0.15) is 5.56 Å². The second kappa shape index (κ2) is 6.10. The highest BCUT2D eigenvalue weighted by Gasteiger charge is 2.25. The molecule has 0 amide bonds. The van der Waals surface area contributed by atoms with E-state index in [1.807, 2.05) is 0 Å². The van der Waals surface area contributed by atoms with Crippen LogP contribution in [-0.2, 0) is 9.59 Å². The first kappa shape index (κ1) is 14.8. The summed E-state index contributed by atoms with van der Waals surface area (Å²) < 4.78 is 0. The predicted molar refractivity (Wildman–Crippen MR) is 63.1 cm³/mol. The molecule has 0 unspecified atom stereocenters. The van der Waals surface area contributed by atoms with Crippen molar-refractivity contribution in [3.8, 4) is 6.07 Å². The molecule has 1 rings (SSSR count). The number of nitrogens with zero attached hydrogens (tertiary/aromatic N) is 4. The lowest BCUT2D eigenvalue weighted by molar-refractivity contribution is -0.384. The first-order valence-corrected chi connectivity index (χ1v) is 5.08. The van der Waals surface area contributed by atoms with Gasteiger partial charge in [-0.3, -0.25) is 19.7 Å². The van der Waals surface area contributed by atoms with Crippen LogP contribution in [0.2, 0.25) is 0 Å². The first-order chi connectivity index (χ1) is 9.35. The normalized spacial score (nSPS) is 9.55. The fourth-order valence-corrected chi connectivity index (χ4v) is 1.42. The number of nitriles is 1. The van der Waals surface area contributed by atoms with Gasteiger partial charge in [0.05, 0.1) is 10.5 Å². The zero-order chi connectivity index (χ0) is 15.3. The maximum absolute atomic E-state index is 10.9. The summed E-state index contributed by atoms with van der Waals surface area (Å²) in [5.41, 5.74) is -0.724. The average Bonchev–Trinajstić information content (AvgIpc) is 2.36. The number of nitro groups is 1. The minimum absolute atomic E-state index is 0.0916. The maximum atomic E-state index is 10.9. The Bertz CT molecular complexity index is 592. The predicted octanol–water partition coefficient (Wildman–Crippen LogP) is -0.163. The van der Waals surface area contributed by atoms with Gasteiger partial charge < -0.3 is 15.1 Å². The quantitative estimate of drug-likeness (QED) is 0.533. The van der Waals surface area contributed by atoms with Crippen molar-refractivity contribution < 1.29 is 24.7 Å². The second-order valence-corrected chi connectivity index (χ2v) is 3.58. The van der Waals surface area contributed by atoms with Crippen molar-refractivity contribution in [2.24, 2.45) is 0 Å². The number of hydrogen-bond donors (Lipinski definition) is 2. The Hall–Kier alpha value is -3.22. The summed E-state index contributed by atoms with van der Waals surface area (Å²) in [5.74, 6) is -3.16. The molecule has 0 bridgehead atoms. The maximum Gasteiger partial charge on any atom is 0.323 e. The number of pyridine rings is 1. The molecule has 0 spiro atoms. The Morgan fingerprint density at radius 2 is 1.95 bits per heavy atom. The van der Waals surface area contributed by atoms with Crippen LogP contribution in [0.4, 0.5) is 11.5 Å². The van der Waals surface area contributed by atoms with Crippen molar-refractivity contribution in [2.45, 2.75) is 0 Å². The summed E-state index contributed by atoms with van der Waals surface area (Å²) in [7, 11) is 0. The molecule has 10 nitrogen and oxygen atoms in total. The molecule has 104 valence electrons. The number of carbonyl (C=O) groups is 2. The topological polar surface area (TPSA) is 158 Å². The van der Waals surface area contributed by atoms with Gasteiger partial charge in [-0.1, -0.05) is 0 Å². The standard InChI is InChI=1S/C10H8N4O6/c11-2-6-1-7(14(19)20)10(12-3-6)13(4-8(15)16)5-9(17)18/h1,3H,4-5H2,(H,15,16)(H,17,18). The molecule has 1 heterocycles. The molecule has 0 aliphatic heterocycles. The second-order valence-electron chi connectivity index (χ2n) is 3.58. The zero-order valence-electron chi connectivity index (χ0n) is 9.89. The van der Waals surface area contributed by atoms with Gasteiger partial charge in [0.2, 0.25) is 5.82 Å². The van der Waals surface area contributed by atoms with Gasteiger partial charge in [-0.05, 0) is 0 Å². The molecule has 0 aliphatic rings. The van der Waals surface area contributed by atoms with Gasteiger partial charge in [0, 0.05) is 12.3 Å². The zero-order valence-corrected chi connectivity index (χ0v) is 9.89. The van der Waals surface area contributed by atoms with E-state index in [0.717, 1.165) is 17.2 Å². The van der Waals surface area contributed by atoms with Crippen molar-refractivity contribution in [1.82, 2.24) is 4.98 Å². The van der Waals surface area contributed by atoms with E-state index in [9.17, 15) is 19.7 Å². The minimum Gasteiger partial charge on any atom is -0.480 e. The third kappa shape index (κ3) is 3.64. The molecule has 1 aromatic rings. The molecule has 1 aromatic heterocycles. The summed E-state index contributed by atoms with van der Waals surface area (Å²) in [6.07, 6.45) is 0.999. The monoisotopic (exact) mass is 280 g/mol. The number of hydrogen-bond acceptors (Lipinski definition) is 7. The molecular formula is C10H8N4O6. The van der Waals surface area contributed by atoms with Gasteiger partial charge in [0.25, 0.3) is 0 Å². The molecule has 0 fully saturated rings. The van der Waals surface area contributed by atoms with Crippen LogP contribution in [0.25, 0.3) is 0 Å². The summed E-state index contributed by atoms with van der Waals surface area (Å²) in [6, 6.07) is 2.55. The summed E-state index contributed by atoms with van der Waals surface area (Å²) >= 11 is 0. The van der Waals surface area contributed by atoms with Gasteiger partial charge in [-0.25, -0.2) is 4.98 Å². The van der Waals surface area contributed by atoms with Gasteiger partial charge in [0.15, 0.2) is 0 Å². The Kier molecular flexibility index (Phi) is 4.52. The SMILES string of the molecule is N#Cc1cnc(N(CC(=O)O)CC(=O)O)c([N+](=O)[O-])c1. The lowest BCUT2D eigenvalue weighted by Crippen LogP contribution is -2.35. The van der Waals surface area contributed by atoms with Crippen LogP contribution in [-0.4, -0.2) is 45.1 Å². The number of carboxylic acid groups (broad SMARTS) is 2. The van der Waals surface area contributed by atoms with E-state index in [0.29, 0.717) is 0 Å². The Morgan fingerprint density at radius 3 is 2.35 bits per heavy atom.